The molecule has 118 valence electrons. The topological polar surface area (TPSA) is 53.7 Å². The van der Waals surface area contributed by atoms with E-state index in [2.05, 4.69) is 27.7 Å². The summed E-state index contributed by atoms with van der Waals surface area (Å²) in [5, 5.41) is 0. The predicted molar refractivity (Wildman–Crippen MR) is 83.8 cm³/mol. The molecule has 0 bridgehead atoms. The van der Waals surface area contributed by atoms with Crippen LogP contribution in [0.25, 0.3) is 0 Å². The largest absolute Gasteiger partial charge is 0.491 e. The van der Waals surface area contributed by atoms with Gasteiger partial charge in [0.2, 0.25) is 0 Å². The molecule has 0 saturated heterocycles. The van der Waals surface area contributed by atoms with Gasteiger partial charge in [0, 0.05) is 30.7 Å². The van der Waals surface area contributed by atoms with Crippen molar-refractivity contribution in [2.24, 2.45) is 11.7 Å². The van der Waals surface area contributed by atoms with E-state index in [0.29, 0.717) is 19.1 Å². The van der Waals surface area contributed by atoms with Crippen molar-refractivity contribution in [3.8, 4) is 11.5 Å². The summed E-state index contributed by atoms with van der Waals surface area (Å²) in [4.78, 5) is 0. The fraction of sp³-hybridized carbons (Fsp3) is 0.647. The average Bonchev–Trinajstić information content (AvgIpc) is 2.36. The molecule has 0 spiro atoms. The Hall–Kier alpha value is -1.26. The lowest BCUT2D eigenvalue weighted by Gasteiger charge is -2.36. The Morgan fingerprint density at radius 1 is 1.33 bits per heavy atom. The molecular formula is C17H27NO3. The van der Waals surface area contributed by atoms with E-state index in [9.17, 15) is 0 Å². The molecule has 0 saturated carbocycles. The van der Waals surface area contributed by atoms with Crippen LogP contribution in [0.5, 0.6) is 11.5 Å². The zero-order valence-electron chi connectivity index (χ0n) is 13.5. The number of hydrogen-bond donors (Lipinski definition) is 1. The summed E-state index contributed by atoms with van der Waals surface area (Å²) in [5.74, 6) is 2.18. The molecule has 2 N–H and O–H groups in total. The van der Waals surface area contributed by atoms with Gasteiger partial charge in [-0.2, -0.15) is 0 Å². The maximum Gasteiger partial charge on any atom is 0.128 e. The van der Waals surface area contributed by atoms with Gasteiger partial charge in [-0.25, -0.2) is 0 Å². The van der Waals surface area contributed by atoms with E-state index in [-0.39, 0.29) is 11.6 Å². The zero-order valence-corrected chi connectivity index (χ0v) is 13.5. The molecular weight excluding hydrogens is 266 g/mol. The van der Waals surface area contributed by atoms with Gasteiger partial charge < -0.3 is 19.9 Å². The molecule has 1 unspecified atom stereocenters. The smallest absolute Gasteiger partial charge is 0.128 e. The van der Waals surface area contributed by atoms with Crippen molar-refractivity contribution >= 4 is 0 Å². The molecule has 21 heavy (non-hydrogen) atoms. The van der Waals surface area contributed by atoms with Gasteiger partial charge in [-0.1, -0.05) is 19.9 Å². The first-order valence-electron chi connectivity index (χ1n) is 7.66. The number of ether oxygens (including phenoxy) is 3. The summed E-state index contributed by atoms with van der Waals surface area (Å²) >= 11 is 0. The molecule has 4 nitrogen and oxygen atoms in total. The third kappa shape index (κ3) is 4.61. The maximum absolute atomic E-state index is 6.20. The van der Waals surface area contributed by atoms with Crippen molar-refractivity contribution in [2.75, 3.05) is 19.8 Å². The van der Waals surface area contributed by atoms with Crippen molar-refractivity contribution in [3.63, 3.8) is 0 Å². The normalized spacial score (nSPS) is 20.0. The molecule has 1 aromatic rings. The van der Waals surface area contributed by atoms with E-state index < -0.39 is 0 Å². The van der Waals surface area contributed by atoms with Crippen molar-refractivity contribution in [1.29, 1.82) is 0 Å². The summed E-state index contributed by atoms with van der Waals surface area (Å²) in [6.07, 6.45) is 0.823. The second-order valence-electron chi connectivity index (χ2n) is 6.69. The molecule has 0 fully saturated rings. The Labute approximate surface area is 127 Å². The van der Waals surface area contributed by atoms with Crippen LogP contribution in [0, 0.1) is 5.92 Å². The van der Waals surface area contributed by atoms with Gasteiger partial charge in [0.25, 0.3) is 0 Å². The van der Waals surface area contributed by atoms with E-state index in [0.717, 1.165) is 30.1 Å². The molecule has 1 aliphatic heterocycles. The fourth-order valence-corrected chi connectivity index (χ4v) is 2.52. The standard InChI is InChI=1S/C17H27NO3/c1-12(2)11-19-7-8-20-13-5-6-14-15(18)10-17(3,4)21-16(14)9-13/h5-6,9,12,15H,7-8,10-11,18H2,1-4H3. The van der Waals surface area contributed by atoms with Gasteiger partial charge in [0.15, 0.2) is 0 Å². The van der Waals surface area contributed by atoms with Gasteiger partial charge in [-0.15, -0.1) is 0 Å². The number of fused-ring (bicyclic) bond motifs is 1. The third-order valence-corrected chi connectivity index (χ3v) is 3.43. The Bertz CT molecular complexity index is 471. The SMILES string of the molecule is CC(C)COCCOc1ccc2c(c1)OC(C)(C)CC2N. The highest BCUT2D eigenvalue weighted by atomic mass is 16.5. The van der Waals surface area contributed by atoms with Crippen LogP contribution in [-0.2, 0) is 4.74 Å². The summed E-state index contributed by atoms with van der Waals surface area (Å²) in [6.45, 7) is 10.3. The molecule has 0 amide bonds. The average molecular weight is 293 g/mol. The van der Waals surface area contributed by atoms with Crippen LogP contribution in [0.3, 0.4) is 0 Å². The number of nitrogens with two attached hydrogens (primary N) is 1. The number of rotatable bonds is 6. The molecule has 2 rings (SSSR count). The second kappa shape index (κ2) is 6.67. The number of benzene rings is 1. The Morgan fingerprint density at radius 3 is 2.81 bits per heavy atom. The van der Waals surface area contributed by atoms with Crippen LogP contribution in [0.2, 0.25) is 0 Å². The molecule has 1 heterocycles. The number of hydrogen-bond acceptors (Lipinski definition) is 4. The summed E-state index contributed by atoms with van der Waals surface area (Å²) < 4.78 is 17.2. The third-order valence-electron chi connectivity index (χ3n) is 3.43. The Kier molecular flexibility index (Phi) is 5.12. The molecule has 4 heteroatoms. The highest BCUT2D eigenvalue weighted by molar-refractivity contribution is 5.44. The lowest BCUT2D eigenvalue weighted by atomic mass is 9.90. The van der Waals surface area contributed by atoms with E-state index in [1.165, 1.54) is 0 Å². The van der Waals surface area contributed by atoms with Crippen molar-refractivity contribution in [3.05, 3.63) is 23.8 Å². The van der Waals surface area contributed by atoms with Crippen molar-refractivity contribution in [1.82, 2.24) is 0 Å². The molecule has 1 aromatic carbocycles. The lowest BCUT2D eigenvalue weighted by molar-refractivity contribution is 0.0707. The van der Waals surface area contributed by atoms with Crippen molar-refractivity contribution < 1.29 is 14.2 Å². The molecule has 0 aromatic heterocycles. The minimum atomic E-state index is -0.231. The molecule has 1 aliphatic rings. The van der Waals surface area contributed by atoms with Crippen LogP contribution in [0.15, 0.2) is 18.2 Å². The van der Waals surface area contributed by atoms with E-state index >= 15 is 0 Å². The molecule has 1 atom stereocenters. The Morgan fingerprint density at radius 2 is 2.10 bits per heavy atom. The van der Waals surface area contributed by atoms with Crippen molar-refractivity contribution in [2.45, 2.75) is 45.8 Å². The van der Waals surface area contributed by atoms with Crippen LogP contribution < -0.4 is 15.2 Å². The van der Waals surface area contributed by atoms with Gasteiger partial charge in [-0.05, 0) is 25.8 Å². The van der Waals surface area contributed by atoms with Crippen LogP contribution in [-0.4, -0.2) is 25.4 Å². The van der Waals surface area contributed by atoms with Gasteiger partial charge in [0.05, 0.1) is 6.61 Å². The van der Waals surface area contributed by atoms with E-state index in [4.69, 9.17) is 19.9 Å². The van der Waals surface area contributed by atoms with Gasteiger partial charge in [-0.3, -0.25) is 0 Å². The first-order chi connectivity index (χ1) is 9.87. The monoisotopic (exact) mass is 293 g/mol. The predicted octanol–water partition coefficient (Wildman–Crippen LogP) is 3.30. The summed E-state index contributed by atoms with van der Waals surface area (Å²) in [5.41, 5.74) is 7.02. The quantitative estimate of drug-likeness (QED) is 0.818. The first-order valence-corrected chi connectivity index (χ1v) is 7.66. The van der Waals surface area contributed by atoms with E-state index in [1.807, 2.05) is 18.2 Å². The second-order valence-corrected chi connectivity index (χ2v) is 6.69. The lowest BCUT2D eigenvalue weighted by Crippen LogP contribution is -2.37. The first kappa shape index (κ1) is 16.1. The van der Waals surface area contributed by atoms with Gasteiger partial charge in [0.1, 0.15) is 23.7 Å². The maximum atomic E-state index is 6.20. The van der Waals surface area contributed by atoms with Gasteiger partial charge >= 0.3 is 0 Å². The summed E-state index contributed by atoms with van der Waals surface area (Å²) in [7, 11) is 0. The fourth-order valence-electron chi connectivity index (χ4n) is 2.52. The van der Waals surface area contributed by atoms with Crippen LogP contribution in [0.4, 0.5) is 0 Å². The minimum absolute atomic E-state index is 0.0205. The zero-order chi connectivity index (χ0) is 15.5. The minimum Gasteiger partial charge on any atom is -0.491 e. The highest BCUT2D eigenvalue weighted by Crippen LogP contribution is 2.39. The van der Waals surface area contributed by atoms with Crippen LogP contribution in [0.1, 0.15) is 45.7 Å². The highest BCUT2D eigenvalue weighted by Gasteiger charge is 2.31. The molecule has 0 radical (unpaired) electrons. The molecule has 0 aliphatic carbocycles. The summed E-state index contributed by atoms with van der Waals surface area (Å²) in [6, 6.07) is 5.90. The van der Waals surface area contributed by atoms with Crippen LogP contribution >= 0.6 is 0 Å². The van der Waals surface area contributed by atoms with E-state index in [1.54, 1.807) is 0 Å². The Balaban J connectivity index is 1.91.